The normalized spacial score (nSPS) is 12.0. The van der Waals surface area contributed by atoms with Crippen molar-refractivity contribution >= 4 is 23.5 Å². The molecule has 0 aliphatic carbocycles. The van der Waals surface area contributed by atoms with Gasteiger partial charge in [0.1, 0.15) is 5.15 Å². The van der Waals surface area contributed by atoms with Gasteiger partial charge in [-0.05, 0) is 19.9 Å². The van der Waals surface area contributed by atoms with E-state index in [4.69, 9.17) is 21.1 Å². The number of ether oxygens (including phenoxy) is 2. The highest BCUT2D eigenvalue weighted by Crippen LogP contribution is 2.28. The lowest BCUT2D eigenvalue weighted by atomic mass is 9.89. The van der Waals surface area contributed by atoms with Gasteiger partial charge in [-0.3, -0.25) is 14.3 Å². The number of aromatic nitrogens is 2. The Hall–Kier alpha value is -1.96. The Bertz CT molecular complexity index is 508. The minimum atomic E-state index is -1.32. The molecule has 0 aliphatic heterocycles. The maximum Gasteiger partial charge on any atom is 0.321 e. The fraction of sp³-hybridized carbons (Fsp3) is 0.615. The third kappa shape index (κ3) is 4.27. The number of carbonyl (C=O) groups excluding carboxylic acids is 2. The van der Waals surface area contributed by atoms with Crippen LogP contribution in [0.3, 0.4) is 0 Å². The molecule has 1 aromatic heterocycles. The summed E-state index contributed by atoms with van der Waals surface area (Å²) in [4.78, 5) is 34.9. The first-order chi connectivity index (χ1) is 10.5. The molecule has 122 valence electrons. The van der Waals surface area contributed by atoms with Crippen molar-refractivity contribution in [2.75, 3.05) is 19.8 Å². The van der Waals surface area contributed by atoms with Gasteiger partial charge in [-0.15, -0.1) is 0 Å². The summed E-state index contributed by atoms with van der Waals surface area (Å²) in [5.74, 6) is -3.77. The predicted octanol–water partition coefficient (Wildman–Crippen LogP) is 1.67. The lowest BCUT2D eigenvalue weighted by Gasteiger charge is -2.20. The number of nitroso groups, excluding NO2 is 1. The molecule has 0 aliphatic rings. The summed E-state index contributed by atoms with van der Waals surface area (Å²) in [6, 6.07) is 1.48. The SMILES string of the molecule is CCOC(=O)C(C(=O)OCC)[C@H](CN=O)c1cc(Cl)n(C)n1. The van der Waals surface area contributed by atoms with Crippen molar-refractivity contribution in [1.82, 2.24) is 9.78 Å². The molecule has 0 saturated heterocycles. The van der Waals surface area contributed by atoms with Crippen molar-refractivity contribution in [1.29, 1.82) is 0 Å². The van der Waals surface area contributed by atoms with E-state index in [-0.39, 0.29) is 19.8 Å². The van der Waals surface area contributed by atoms with Gasteiger partial charge in [0.15, 0.2) is 5.92 Å². The average molecular weight is 332 g/mol. The molecule has 22 heavy (non-hydrogen) atoms. The molecule has 1 atom stereocenters. The van der Waals surface area contributed by atoms with E-state index >= 15 is 0 Å². The van der Waals surface area contributed by atoms with Crippen molar-refractivity contribution in [3.8, 4) is 0 Å². The van der Waals surface area contributed by atoms with Gasteiger partial charge in [-0.2, -0.15) is 10.0 Å². The van der Waals surface area contributed by atoms with Crippen molar-refractivity contribution in [3.63, 3.8) is 0 Å². The molecule has 1 aromatic rings. The van der Waals surface area contributed by atoms with Crippen molar-refractivity contribution in [3.05, 3.63) is 21.8 Å². The summed E-state index contributed by atoms with van der Waals surface area (Å²) in [6.45, 7) is 3.10. The van der Waals surface area contributed by atoms with Crippen LogP contribution in [-0.2, 0) is 26.1 Å². The molecule has 1 heterocycles. The van der Waals surface area contributed by atoms with Gasteiger partial charge < -0.3 is 9.47 Å². The molecular formula is C13H18ClN3O5. The largest absolute Gasteiger partial charge is 0.465 e. The van der Waals surface area contributed by atoms with E-state index in [1.807, 2.05) is 0 Å². The summed E-state index contributed by atoms with van der Waals surface area (Å²) >= 11 is 5.92. The van der Waals surface area contributed by atoms with E-state index < -0.39 is 23.8 Å². The average Bonchev–Trinajstić information content (AvgIpc) is 2.78. The second kappa shape index (κ2) is 8.47. The minimum Gasteiger partial charge on any atom is -0.465 e. The molecule has 0 aromatic carbocycles. The standard InChI is InChI=1S/C13H18ClN3O5/c1-4-21-12(18)11(13(19)22-5-2)8(7-15-20)9-6-10(14)17(3)16-9/h6,8,11H,4-5,7H2,1-3H3/t8-/m1/s1. The van der Waals surface area contributed by atoms with Crippen molar-refractivity contribution in [2.24, 2.45) is 18.1 Å². The van der Waals surface area contributed by atoms with Crippen LogP contribution in [0.2, 0.25) is 5.15 Å². The third-order valence-electron chi connectivity index (χ3n) is 2.98. The van der Waals surface area contributed by atoms with E-state index in [9.17, 15) is 14.5 Å². The highest BCUT2D eigenvalue weighted by atomic mass is 35.5. The summed E-state index contributed by atoms with van der Waals surface area (Å²) in [5.41, 5.74) is 0.304. The van der Waals surface area contributed by atoms with Crippen LogP contribution >= 0.6 is 11.6 Å². The van der Waals surface area contributed by atoms with Gasteiger partial charge in [0.25, 0.3) is 0 Å². The number of nitrogens with zero attached hydrogens (tertiary/aromatic N) is 3. The Labute approximate surface area is 132 Å². The molecular weight excluding hydrogens is 314 g/mol. The molecule has 9 heteroatoms. The number of hydrogen-bond donors (Lipinski definition) is 0. The molecule has 0 radical (unpaired) electrons. The van der Waals surface area contributed by atoms with Crippen LogP contribution in [0, 0.1) is 10.8 Å². The van der Waals surface area contributed by atoms with Crippen LogP contribution in [0.4, 0.5) is 0 Å². The minimum absolute atomic E-state index is 0.0962. The summed E-state index contributed by atoms with van der Waals surface area (Å²) in [5, 5.41) is 7.21. The predicted molar refractivity (Wildman–Crippen MR) is 78.4 cm³/mol. The van der Waals surface area contributed by atoms with Crippen LogP contribution in [0.5, 0.6) is 0 Å². The lowest BCUT2D eigenvalue weighted by Crippen LogP contribution is -2.35. The summed E-state index contributed by atoms with van der Waals surface area (Å²) < 4.78 is 11.2. The van der Waals surface area contributed by atoms with Crippen LogP contribution in [0.25, 0.3) is 0 Å². The smallest absolute Gasteiger partial charge is 0.321 e. The van der Waals surface area contributed by atoms with Gasteiger partial charge >= 0.3 is 11.9 Å². The fourth-order valence-electron chi connectivity index (χ4n) is 1.99. The van der Waals surface area contributed by atoms with Crippen molar-refractivity contribution < 1.29 is 19.1 Å². The summed E-state index contributed by atoms with van der Waals surface area (Å²) in [6.07, 6.45) is 0. The fourth-order valence-corrected chi connectivity index (χ4v) is 2.13. The molecule has 0 amide bonds. The first-order valence-electron chi connectivity index (χ1n) is 6.78. The Balaban J connectivity index is 3.21. The third-order valence-corrected chi connectivity index (χ3v) is 3.33. The van der Waals surface area contributed by atoms with Crippen LogP contribution in [-0.4, -0.2) is 41.5 Å². The molecule has 0 spiro atoms. The first-order valence-corrected chi connectivity index (χ1v) is 7.15. The van der Waals surface area contributed by atoms with Crippen LogP contribution < -0.4 is 0 Å². The molecule has 0 N–H and O–H groups in total. The molecule has 1 rings (SSSR count). The quantitative estimate of drug-likeness (QED) is 0.408. The zero-order valence-corrected chi connectivity index (χ0v) is 13.4. The van der Waals surface area contributed by atoms with Crippen molar-refractivity contribution in [2.45, 2.75) is 19.8 Å². The van der Waals surface area contributed by atoms with Crippen LogP contribution in [0.15, 0.2) is 11.2 Å². The number of carbonyl (C=O) groups is 2. The Morgan fingerprint density at radius 2 is 1.86 bits per heavy atom. The Morgan fingerprint density at radius 3 is 2.23 bits per heavy atom. The van der Waals surface area contributed by atoms with Gasteiger partial charge in [0.05, 0.1) is 31.4 Å². The Morgan fingerprint density at radius 1 is 1.32 bits per heavy atom. The molecule has 0 bridgehead atoms. The molecule has 8 nitrogen and oxygen atoms in total. The van der Waals surface area contributed by atoms with E-state index in [0.717, 1.165) is 0 Å². The van der Waals surface area contributed by atoms with E-state index in [2.05, 4.69) is 10.3 Å². The maximum absolute atomic E-state index is 12.1. The maximum atomic E-state index is 12.1. The first kappa shape index (κ1) is 18.1. The second-order valence-electron chi connectivity index (χ2n) is 4.42. The molecule has 0 unspecified atom stereocenters. The van der Waals surface area contributed by atoms with Crippen LogP contribution in [0.1, 0.15) is 25.5 Å². The molecule has 0 saturated carbocycles. The van der Waals surface area contributed by atoms with E-state index in [1.54, 1.807) is 20.9 Å². The zero-order chi connectivity index (χ0) is 16.7. The monoisotopic (exact) mass is 331 g/mol. The van der Waals surface area contributed by atoms with Gasteiger partial charge in [0.2, 0.25) is 0 Å². The number of halogens is 1. The van der Waals surface area contributed by atoms with Gasteiger partial charge in [-0.1, -0.05) is 16.8 Å². The summed E-state index contributed by atoms with van der Waals surface area (Å²) in [7, 11) is 1.60. The van der Waals surface area contributed by atoms with Gasteiger partial charge in [-0.25, -0.2) is 0 Å². The highest BCUT2D eigenvalue weighted by Gasteiger charge is 2.40. The second-order valence-corrected chi connectivity index (χ2v) is 4.80. The number of esters is 2. The van der Waals surface area contributed by atoms with Gasteiger partial charge in [0, 0.05) is 7.05 Å². The highest BCUT2D eigenvalue weighted by molar-refractivity contribution is 6.29. The number of rotatable bonds is 8. The molecule has 0 fully saturated rings. The number of aryl methyl sites for hydroxylation is 1. The van der Waals surface area contributed by atoms with E-state index in [1.165, 1.54) is 10.7 Å². The number of hydrogen-bond acceptors (Lipinski definition) is 7. The lowest BCUT2D eigenvalue weighted by molar-refractivity contribution is -0.162. The topological polar surface area (TPSA) is 99.9 Å². The zero-order valence-electron chi connectivity index (χ0n) is 12.6. The Kier molecular flexibility index (Phi) is 6.97. The van der Waals surface area contributed by atoms with E-state index in [0.29, 0.717) is 10.8 Å².